The molecule has 5 rings (SSSR count). The third kappa shape index (κ3) is 4.01. The molecule has 1 saturated heterocycles. The van der Waals surface area contributed by atoms with Crippen LogP contribution >= 0.6 is 0 Å². The zero-order valence-electron chi connectivity index (χ0n) is 18.0. The number of nitrogens with two attached hydrogens (primary N) is 1. The zero-order valence-corrected chi connectivity index (χ0v) is 18.0. The lowest BCUT2D eigenvalue weighted by molar-refractivity contribution is 0.0378. The van der Waals surface area contributed by atoms with Gasteiger partial charge in [-0.15, -0.1) is 0 Å². The Hall–Kier alpha value is -3.17. The molecule has 3 heterocycles. The van der Waals surface area contributed by atoms with Crippen molar-refractivity contribution >= 4 is 17.4 Å². The third-order valence-electron chi connectivity index (χ3n) is 6.22. The number of carbonyl (C=O) groups is 1. The summed E-state index contributed by atoms with van der Waals surface area (Å²) in [6.07, 6.45) is 8.38. The van der Waals surface area contributed by atoms with E-state index in [1.54, 1.807) is 18.5 Å². The van der Waals surface area contributed by atoms with Crippen LogP contribution in [0.15, 0.2) is 30.7 Å². The molecule has 1 saturated carbocycles. The normalized spacial score (nSPS) is 17.0. The van der Waals surface area contributed by atoms with Gasteiger partial charge in [0.05, 0.1) is 30.7 Å². The Kier molecular flexibility index (Phi) is 5.67. The standard InChI is InChI=1S/C23H28N6O3/c24-21(31)17-5-4-16(19(20(17)30)15-2-3-15)18-14-27-23-22(26-7-9-29(18)23)25-6-1-8-28-10-12-32-13-11-28/h4-5,7,9,14-15,30H,1-3,6,8,10-13H2,(H2,24,31)(H,25,26). The van der Waals surface area contributed by atoms with Gasteiger partial charge in [-0.3, -0.25) is 14.1 Å². The molecule has 1 aliphatic carbocycles. The quantitative estimate of drug-likeness (QED) is 0.463. The summed E-state index contributed by atoms with van der Waals surface area (Å²) in [5.74, 6) is 0.325. The molecule has 2 aliphatic rings. The number of nitrogens with one attached hydrogen (secondary N) is 1. The molecular formula is C23H28N6O3. The van der Waals surface area contributed by atoms with Gasteiger partial charge in [0.1, 0.15) is 5.75 Å². The van der Waals surface area contributed by atoms with Crippen LogP contribution in [0.1, 0.15) is 41.1 Å². The highest BCUT2D eigenvalue weighted by molar-refractivity contribution is 5.97. The lowest BCUT2D eigenvalue weighted by Gasteiger charge is -2.26. The van der Waals surface area contributed by atoms with E-state index in [1.165, 1.54) is 0 Å². The number of ether oxygens (including phenoxy) is 1. The van der Waals surface area contributed by atoms with Crippen molar-refractivity contribution in [2.24, 2.45) is 5.73 Å². The number of amides is 1. The van der Waals surface area contributed by atoms with E-state index in [4.69, 9.17) is 10.5 Å². The van der Waals surface area contributed by atoms with Crippen LogP contribution in [-0.4, -0.2) is 69.7 Å². The van der Waals surface area contributed by atoms with Gasteiger partial charge < -0.3 is 20.9 Å². The Morgan fingerprint density at radius 3 is 2.81 bits per heavy atom. The summed E-state index contributed by atoms with van der Waals surface area (Å²) in [5.41, 5.74) is 8.84. The highest BCUT2D eigenvalue weighted by Crippen LogP contribution is 2.49. The molecule has 4 N–H and O–H groups in total. The van der Waals surface area contributed by atoms with Gasteiger partial charge in [0.2, 0.25) is 0 Å². The SMILES string of the molecule is NC(=O)c1ccc(-c2cnc3c(NCCCN4CCOCC4)nccn23)c(C2CC2)c1O. The minimum absolute atomic E-state index is 0.0111. The number of hydrogen-bond donors (Lipinski definition) is 3. The number of aromatic nitrogens is 3. The highest BCUT2D eigenvalue weighted by Gasteiger charge is 2.32. The molecule has 0 radical (unpaired) electrons. The van der Waals surface area contributed by atoms with Gasteiger partial charge in [-0.2, -0.15) is 0 Å². The maximum Gasteiger partial charge on any atom is 0.252 e. The average molecular weight is 437 g/mol. The minimum Gasteiger partial charge on any atom is -0.507 e. The fourth-order valence-corrected chi connectivity index (χ4v) is 4.39. The second-order valence-electron chi connectivity index (χ2n) is 8.41. The first-order valence-electron chi connectivity index (χ1n) is 11.2. The molecule has 32 heavy (non-hydrogen) atoms. The first kappa shape index (κ1) is 20.7. The lowest BCUT2D eigenvalue weighted by Crippen LogP contribution is -2.37. The number of carbonyl (C=O) groups excluding carboxylic acids is 1. The van der Waals surface area contributed by atoms with E-state index < -0.39 is 5.91 Å². The number of anilines is 1. The summed E-state index contributed by atoms with van der Waals surface area (Å²) in [6.45, 7) is 5.42. The average Bonchev–Trinajstić information content (AvgIpc) is 3.54. The van der Waals surface area contributed by atoms with Gasteiger partial charge in [-0.25, -0.2) is 9.97 Å². The number of hydrogen-bond acceptors (Lipinski definition) is 7. The monoisotopic (exact) mass is 436 g/mol. The van der Waals surface area contributed by atoms with Gasteiger partial charge in [0, 0.05) is 43.2 Å². The lowest BCUT2D eigenvalue weighted by atomic mass is 9.96. The van der Waals surface area contributed by atoms with Crippen LogP contribution in [0.3, 0.4) is 0 Å². The van der Waals surface area contributed by atoms with Crippen LogP contribution in [-0.2, 0) is 4.74 Å². The number of rotatable bonds is 8. The van der Waals surface area contributed by atoms with E-state index in [0.29, 0.717) is 0 Å². The number of aromatic hydroxyl groups is 1. The first-order chi connectivity index (χ1) is 15.6. The largest absolute Gasteiger partial charge is 0.507 e. The second-order valence-corrected chi connectivity index (χ2v) is 8.41. The van der Waals surface area contributed by atoms with Crippen LogP contribution in [0, 0.1) is 0 Å². The molecule has 2 fully saturated rings. The Bertz CT molecular complexity index is 1130. The van der Waals surface area contributed by atoms with Gasteiger partial charge >= 0.3 is 0 Å². The molecule has 0 atom stereocenters. The predicted octanol–water partition coefficient (Wildman–Crippen LogP) is 2.21. The zero-order chi connectivity index (χ0) is 22.1. The fourth-order valence-electron chi connectivity index (χ4n) is 4.39. The Balaban J connectivity index is 1.39. The molecule has 9 heteroatoms. The summed E-state index contributed by atoms with van der Waals surface area (Å²) in [4.78, 5) is 23.2. The summed E-state index contributed by atoms with van der Waals surface area (Å²) in [7, 11) is 0. The van der Waals surface area contributed by atoms with Crippen molar-refractivity contribution in [1.82, 2.24) is 19.3 Å². The van der Waals surface area contributed by atoms with Crippen LogP contribution in [0.2, 0.25) is 0 Å². The maximum absolute atomic E-state index is 11.7. The van der Waals surface area contributed by atoms with E-state index in [0.717, 1.165) is 86.9 Å². The molecule has 0 spiro atoms. The molecule has 1 amide bonds. The van der Waals surface area contributed by atoms with Crippen molar-refractivity contribution < 1.29 is 14.6 Å². The second kappa shape index (κ2) is 8.76. The van der Waals surface area contributed by atoms with Crippen molar-refractivity contribution in [1.29, 1.82) is 0 Å². The first-order valence-corrected chi connectivity index (χ1v) is 11.2. The van der Waals surface area contributed by atoms with Gasteiger partial charge in [-0.1, -0.05) is 6.07 Å². The van der Waals surface area contributed by atoms with Crippen LogP contribution in [0.25, 0.3) is 16.9 Å². The molecule has 1 aromatic carbocycles. The third-order valence-corrected chi connectivity index (χ3v) is 6.22. The van der Waals surface area contributed by atoms with Crippen LogP contribution in [0.5, 0.6) is 5.75 Å². The molecule has 3 aromatic rings. The summed E-state index contributed by atoms with van der Waals surface area (Å²) >= 11 is 0. The molecule has 9 nitrogen and oxygen atoms in total. The fraction of sp³-hybridized carbons (Fsp3) is 0.435. The Morgan fingerprint density at radius 2 is 2.06 bits per heavy atom. The topological polar surface area (TPSA) is 118 Å². The van der Waals surface area contributed by atoms with E-state index in [-0.39, 0.29) is 17.2 Å². The van der Waals surface area contributed by atoms with Crippen LogP contribution < -0.4 is 11.1 Å². The summed E-state index contributed by atoms with van der Waals surface area (Å²) in [6, 6.07) is 3.44. The number of fused-ring (bicyclic) bond motifs is 1. The maximum atomic E-state index is 11.7. The Morgan fingerprint density at radius 1 is 1.25 bits per heavy atom. The molecule has 2 aromatic heterocycles. The minimum atomic E-state index is -0.623. The molecule has 168 valence electrons. The van der Waals surface area contributed by atoms with E-state index in [1.807, 2.05) is 16.7 Å². The van der Waals surface area contributed by atoms with Crippen molar-refractivity contribution in [3.63, 3.8) is 0 Å². The number of benzene rings is 1. The predicted molar refractivity (Wildman–Crippen MR) is 121 cm³/mol. The highest BCUT2D eigenvalue weighted by atomic mass is 16.5. The van der Waals surface area contributed by atoms with Gasteiger partial charge in [-0.05, 0) is 37.8 Å². The van der Waals surface area contributed by atoms with Gasteiger partial charge in [0.25, 0.3) is 5.91 Å². The van der Waals surface area contributed by atoms with Gasteiger partial charge in [0.15, 0.2) is 11.5 Å². The van der Waals surface area contributed by atoms with Crippen molar-refractivity contribution in [2.75, 3.05) is 44.7 Å². The number of morpholine rings is 1. The number of nitrogens with zero attached hydrogens (tertiary/aromatic N) is 4. The molecule has 0 unspecified atom stereocenters. The number of phenols is 1. The summed E-state index contributed by atoms with van der Waals surface area (Å²) in [5, 5.41) is 14.2. The number of primary amides is 1. The van der Waals surface area contributed by atoms with E-state index >= 15 is 0 Å². The number of imidazole rings is 1. The van der Waals surface area contributed by atoms with Crippen molar-refractivity contribution in [2.45, 2.75) is 25.2 Å². The van der Waals surface area contributed by atoms with Crippen molar-refractivity contribution in [3.8, 4) is 17.0 Å². The Labute approximate surface area is 186 Å². The van der Waals surface area contributed by atoms with Crippen LogP contribution in [0.4, 0.5) is 5.82 Å². The summed E-state index contributed by atoms with van der Waals surface area (Å²) < 4.78 is 7.37. The van der Waals surface area contributed by atoms with Crippen molar-refractivity contribution in [3.05, 3.63) is 41.9 Å². The van der Waals surface area contributed by atoms with E-state index in [2.05, 4.69) is 20.2 Å². The molecular weight excluding hydrogens is 408 g/mol. The van der Waals surface area contributed by atoms with E-state index in [9.17, 15) is 9.90 Å². The smallest absolute Gasteiger partial charge is 0.252 e. The molecule has 0 bridgehead atoms. The molecule has 1 aliphatic heterocycles.